The predicted octanol–water partition coefficient (Wildman–Crippen LogP) is -0.386. The normalized spacial score (nSPS) is 11.9. The van der Waals surface area contributed by atoms with Crippen molar-refractivity contribution in [2.75, 3.05) is 19.6 Å². The van der Waals surface area contributed by atoms with Gasteiger partial charge in [0.2, 0.25) is 11.8 Å². The highest BCUT2D eigenvalue weighted by Gasteiger charge is 2.09. The molecule has 0 saturated heterocycles. The molecule has 0 aliphatic carbocycles. The molecule has 4 N–H and O–H groups in total. The second kappa shape index (κ2) is 8.23. The van der Waals surface area contributed by atoms with Gasteiger partial charge in [-0.2, -0.15) is 0 Å². The molecule has 5 heteroatoms. The standard InChI is InChI=1S/C10H21N3O2/c1-3-9(7-11)6-10(15)13-5-4-12-8(2)14/h9H,3-7,11H2,1-2H3,(H,12,14)(H,13,15). The third-order valence-corrected chi connectivity index (χ3v) is 2.21. The summed E-state index contributed by atoms with van der Waals surface area (Å²) in [4.78, 5) is 21.9. The summed E-state index contributed by atoms with van der Waals surface area (Å²) in [6.45, 7) is 4.95. The molecule has 88 valence electrons. The quantitative estimate of drug-likeness (QED) is 0.506. The summed E-state index contributed by atoms with van der Waals surface area (Å²) in [5.74, 6) is 0.168. The number of rotatable bonds is 7. The third-order valence-electron chi connectivity index (χ3n) is 2.21. The minimum absolute atomic E-state index is 0.00217. The van der Waals surface area contributed by atoms with E-state index < -0.39 is 0 Å². The first kappa shape index (κ1) is 13.9. The van der Waals surface area contributed by atoms with Crippen LogP contribution in [-0.4, -0.2) is 31.4 Å². The molecule has 1 atom stereocenters. The zero-order chi connectivity index (χ0) is 11.7. The maximum atomic E-state index is 11.3. The van der Waals surface area contributed by atoms with Crippen molar-refractivity contribution >= 4 is 11.8 Å². The van der Waals surface area contributed by atoms with Crippen LogP contribution in [0.4, 0.5) is 0 Å². The molecule has 15 heavy (non-hydrogen) atoms. The van der Waals surface area contributed by atoms with Crippen LogP contribution in [0.25, 0.3) is 0 Å². The van der Waals surface area contributed by atoms with Crippen LogP contribution < -0.4 is 16.4 Å². The molecule has 1 unspecified atom stereocenters. The Morgan fingerprint density at radius 1 is 1.27 bits per heavy atom. The molecule has 0 rings (SSSR count). The van der Waals surface area contributed by atoms with Crippen LogP contribution in [0.2, 0.25) is 0 Å². The first-order chi connectivity index (χ1) is 7.10. The van der Waals surface area contributed by atoms with Crippen LogP contribution in [-0.2, 0) is 9.59 Å². The van der Waals surface area contributed by atoms with Gasteiger partial charge in [0.1, 0.15) is 0 Å². The van der Waals surface area contributed by atoms with Gasteiger partial charge in [-0.15, -0.1) is 0 Å². The lowest BCUT2D eigenvalue weighted by molar-refractivity contribution is -0.122. The van der Waals surface area contributed by atoms with Gasteiger partial charge >= 0.3 is 0 Å². The summed E-state index contributed by atoms with van der Waals surface area (Å²) in [6.07, 6.45) is 1.38. The number of nitrogens with one attached hydrogen (secondary N) is 2. The Morgan fingerprint density at radius 2 is 1.87 bits per heavy atom. The molecule has 0 bridgehead atoms. The number of amides is 2. The SMILES string of the molecule is CCC(CN)CC(=O)NCCNC(C)=O. The second-order valence-electron chi connectivity index (χ2n) is 3.55. The summed E-state index contributed by atoms with van der Waals surface area (Å²) in [7, 11) is 0. The summed E-state index contributed by atoms with van der Waals surface area (Å²) < 4.78 is 0. The van der Waals surface area contributed by atoms with Crippen molar-refractivity contribution in [3.05, 3.63) is 0 Å². The predicted molar refractivity (Wildman–Crippen MR) is 59.1 cm³/mol. The maximum absolute atomic E-state index is 11.3. The smallest absolute Gasteiger partial charge is 0.220 e. The lowest BCUT2D eigenvalue weighted by atomic mass is 10.0. The Balaban J connectivity index is 3.52. The Hall–Kier alpha value is -1.10. The lowest BCUT2D eigenvalue weighted by Gasteiger charge is -2.11. The van der Waals surface area contributed by atoms with Gasteiger partial charge in [0, 0.05) is 26.4 Å². The molecule has 2 amide bonds. The van der Waals surface area contributed by atoms with E-state index in [9.17, 15) is 9.59 Å². The molecule has 0 radical (unpaired) electrons. The van der Waals surface area contributed by atoms with E-state index in [1.165, 1.54) is 6.92 Å². The number of carbonyl (C=O) groups is 2. The molecule has 0 spiro atoms. The fraction of sp³-hybridized carbons (Fsp3) is 0.800. The molecule has 0 aromatic rings. The van der Waals surface area contributed by atoms with Crippen molar-refractivity contribution in [3.8, 4) is 0 Å². The van der Waals surface area contributed by atoms with Crippen molar-refractivity contribution in [2.45, 2.75) is 26.7 Å². The average Bonchev–Trinajstić information content (AvgIpc) is 2.20. The van der Waals surface area contributed by atoms with E-state index in [0.29, 0.717) is 26.1 Å². The number of hydrogen-bond acceptors (Lipinski definition) is 3. The number of nitrogens with two attached hydrogens (primary N) is 1. The van der Waals surface area contributed by atoms with Gasteiger partial charge in [0.25, 0.3) is 0 Å². The second-order valence-corrected chi connectivity index (χ2v) is 3.55. The highest BCUT2D eigenvalue weighted by atomic mass is 16.2. The van der Waals surface area contributed by atoms with Gasteiger partial charge in [-0.1, -0.05) is 13.3 Å². The van der Waals surface area contributed by atoms with E-state index in [2.05, 4.69) is 10.6 Å². The summed E-state index contributed by atoms with van der Waals surface area (Å²) in [6, 6.07) is 0. The zero-order valence-corrected chi connectivity index (χ0v) is 9.51. The average molecular weight is 215 g/mol. The largest absolute Gasteiger partial charge is 0.355 e. The molecule has 0 aromatic heterocycles. The van der Waals surface area contributed by atoms with Gasteiger partial charge in [-0.25, -0.2) is 0 Å². The molecular weight excluding hydrogens is 194 g/mol. The Bertz CT molecular complexity index is 203. The van der Waals surface area contributed by atoms with E-state index >= 15 is 0 Å². The molecular formula is C10H21N3O2. The van der Waals surface area contributed by atoms with Crippen molar-refractivity contribution in [1.29, 1.82) is 0 Å². The maximum Gasteiger partial charge on any atom is 0.220 e. The van der Waals surface area contributed by atoms with Gasteiger partial charge in [0.05, 0.1) is 0 Å². The van der Waals surface area contributed by atoms with E-state index in [-0.39, 0.29) is 17.7 Å². The number of carbonyl (C=O) groups excluding carboxylic acids is 2. The van der Waals surface area contributed by atoms with Crippen LogP contribution in [0.15, 0.2) is 0 Å². The van der Waals surface area contributed by atoms with Crippen LogP contribution in [0, 0.1) is 5.92 Å². The summed E-state index contributed by atoms with van der Waals surface area (Å²) in [5, 5.41) is 5.33. The first-order valence-corrected chi connectivity index (χ1v) is 5.31. The van der Waals surface area contributed by atoms with Crippen molar-refractivity contribution in [1.82, 2.24) is 10.6 Å². The van der Waals surface area contributed by atoms with Gasteiger partial charge in [-0.05, 0) is 12.5 Å². The van der Waals surface area contributed by atoms with Gasteiger partial charge in [0.15, 0.2) is 0 Å². The summed E-state index contributed by atoms with van der Waals surface area (Å²) >= 11 is 0. The first-order valence-electron chi connectivity index (χ1n) is 5.31. The van der Waals surface area contributed by atoms with E-state index in [4.69, 9.17) is 5.73 Å². The molecule has 0 saturated carbocycles. The Labute approximate surface area is 90.8 Å². The van der Waals surface area contributed by atoms with Crippen molar-refractivity contribution in [3.63, 3.8) is 0 Å². The highest BCUT2D eigenvalue weighted by molar-refractivity contribution is 5.76. The molecule has 0 aliphatic rings. The van der Waals surface area contributed by atoms with Crippen LogP contribution in [0.3, 0.4) is 0 Å². The van der Waals surface area contributed by atoms with Crippen LogP contribution in [0.1, 0.15) is 26.7 Å². The Morgan fingerprint density at radius 3 is 2.33 bits per heavy atom. The van der Waals surface area contributed by atoms with Gasteiger partial charge < -0.3 is 16.4 Å². The summed E-state index contributed by atoms with van der Waals surface area (Å²) in [5.41, 5.74) is 5.49. The minimum Gasteiger partial charge on any atom is -0.355 e. The van der Waals surface area contributed by atoms with E-state index in [0.717, 1.165) is 6.42 Å². The van der Waals surface area contributed by atoms with Crippen molar-refractivity contribution in [2.24, 2.45) is 11.7 Å². The lowest BCUT2D eigenvalue weighted by Crippen LogP contribution is -2.35. The Kier molecular flexibility index (Phi) is 7.62. The van der Waals surface area contributed by atoms with E-state index in [1.807, 2.05) is 6.92 Å². The molecule has 0 heterocycles. The minimum atomic E-state index is -0.0855. The zero-order valence-electron chi connectivity index (χ0n) is 9.51. The molecule has 0 fully saturated rings. The third kappa shape index (κ3) is 7.93. The monoisotopic (exact) mass is 215 g/mol. The van der Waals surface area contributed by atoms with E-state index in [1.54, 1.807) is 0 Å². The molecule has 5 nitrogen and oxygen atoms in total. The molecule has 0 aromatic carbocycles. The fourth-order valence-corrected chi connectivity index (χ4v) is 1.17. The van der Waals surface area contributed by atoms with Crippen LogP contribution in [0.5, 0.6) is 0 Å². The van der Waals surface area contributed by atoms with Gasteiger partial charge in [-0.3, -0.25) is 9.59 Å². The highest BCUT2D eigenvalue weighted by Crippen LogP contribution is 2.04. The topological polar surface area (TPSA) is 84.2 Å². The van der Waals surface area contributed by atoms with Crippen molar-refractivity contribution < 1.29 is 9.59 Å². The fourth-order valence-electron chi connectivity index (χ4n) is 1.17. The number of hydrogen-bond donors (Lipinski definition) is 3. The molecule has 0 aliphatic heterocycles. The van der Waals surface area contributed by atoms with Crippen LogP contribution >= 0.6 is 0 Å².